The summed E-state index contributed by atoms with van der Waals surface area (Å²) in [7, 11) is 0. The van der Waals surface area contributed by atoms with E-state index in [0.29, 0.717) is 24.8 Å². The van der Waals surface area contributed by atoms with Crippen molar-refractivity contribution in [1.82, 2.24) is 4.90 Å². The summed E-state index contributed by atoms with van der Waals surface area (Å²) in [5.41, 5.74) is 5.75. The fourth-order valence-electron chi connectivity index (χ4n) is 2.21. The first-order chi connectivity index (χ1) is 8.04. The Morgan fingerprint density at radius 1 is 1.18 bits per heavy atom. The zero-order valence-electron chi connectivity index (χ0n) is 12.0. The summed E-state index contributed by atoms with van der Waals surface area (Å²) in [6.45, 7) is 11.0. The van der Waals surface area contributed by atoms with E-state index in [4.69, 9.17) is 5.73 Å². The minimum absolute atomic E-state index is 0.282. The summed E-state index contributed by atoms with van der Waals surface area (Å²) in [5, 5.41) is 0. The van der Waals surface area contributed by atoms with Gasteiger partial charge in [-0.1, -0.05) is 27.7 Å². The molecule has 17 heavy (non-hydrogen) atoms. The number of nitrogens with two attached hydrogens (primary N) is 1. The maximum atomic E-state index is 12.1. The summed E-state index contributed by atoms with van der Waals surface area (Å²) in [5.74, 6) is 1.24. The van der Waals surface area contributed by atoms with Gasteiger partial charge in [-0.2, -0.15) is 0 Å². The average Bonchev–Trinajstić information content (AvgIpc) is 2.27. The molecular weight excluding hydrogens is 212 g/mol. The Kier molecular flexibility index (Phi) is 9.14. The zero-order chi connectivity index (χ0) is 13.3. The summed E-state index contributed by atoms with van der Waals surface area (Å²) < 4.78 is 0. The van der Waals surface area contributed by atoms with E-state index in [9.17, 15) is 4.79 Å². The van der Waals surface area contributed by atoms with Crippen molar-refractivity contribution < 1.29 is 4.79 Å². The number of carbonyl (C=O) groups is 1. The van der Waals surface area contributed by atoms with Crippen LogP contribution in [0.3, 0.4) is 0 Å². The molecule has 0 rings (SSSR count). The third-order valence-electron chi connectivity index (χ3n) is 2.94. The van der Waals surface area contributed by atoms with E-state index in [0.717, 1.165) is 32.4 Å². The van der Waals surface area contributed by atoms with Crippen LogP contribution in [0.2, 0.25) is 0 Å². The van der Waals surface area contributed by atoms with Gasteiger partial charge in [0.2, 0.25) is 5.91 Å². The lowest BCUT2D eigenvalue weighted by Crippen LogP contribution is -2.35. The van der Waals surface area contributed by atoms with Crippen molar-refractivity contribution in [2.75, 3.05) is 19.6 Å². The SMILES string of the molecule is CCCN(CCC)C(=O)CC(CN)CC(C)C. The van der Waals surface area contributed by atoms with Gasteiger partial charge in [-0.05, 0) is 37.6 Å². The van der Waals surface area contributed by atoms with Crippen LogP contribution in [0.5, 0.6) is 0 Å². The summed E-state index contributed by atoms with van der Waals surface area (Å²) in [6, 6.07) is 0. The van der Waals surface area contributed by atoms with Crippen molar-refractivity contribution in [2.24, 2.45) is 17.6 Å². The van der Waals surface area contributed by atoms with E-state index in [1.807, 2.05) is 4.90 Å². The average molecular weight is 242 g/mol. The largest absolute Gasteiger partial charge is 0.343 e. The molecule has 3 heteroatoms. The fourth-order valence-corrected chi connectivity index (χ4v) is 2.21. The first-order valence-electron chi connectivity index (χ1n) is 7.02. The van der Waals surface area contributed by atoms with Gasteiger partial charge in [-0.3, -0.25) is 4.79 Å². The quantitative estimate of drug-likeness (QED) is 0.675. The third-order valence-corrected chi connectivity index (χ3v) is 2.94. The molecular formula is C14H30N2O. The van der Waals surface area contributed by atoms with Crippen LogP contribution >= 0.6 is 0 Å². The minimum Gasteiger partial charge on any atom is -0.343 e. The summed E-state index contributed by atoms with van der Waals surface area (Å²) in [4.78, 5) is 14.1. The van der Waals surface area contributed by atoms with Crippen molar-refractivity contribution in [1.29, 1.82) is 0 Å². The van der Waals surface area contributed by atoms with Gasteiger partial charge in [0, 0.05) is 19.5 Å². The molecule has 0 aliphatic heterocycles. The van der Waals surface area contributed by atoms with Gasteiger partial charge in [0.25, 0.3) is 0 Å². The highest BCUT2D eigenvalue weighted by Crippen LogP contribution is 2.15. The zero-order valence-corrected chi connectivity index (χ0v) is 12.0. The molecule has 102 valence electrons. The molecule has 0 bridgehead atoms. The summed E-state index contributed by atoms with van der Waals surface area (Å²) >= 11 is 0. The topological polar surface area (TPSA) is 46.3 Å². The van der Waals surface area contributed by atoms with Crippen molar-refractivity contribution >= 4 is 5.91 Å². The van der Waals surface area contributed by atoms with Crippen LogP contribution in [0.25, 0.3) is 0 Å². The van der Waals surface area contributed by atoms with Crippen molar-refractivity contribution in [3.63, 3.8) is 0 Å². The lowest BCUT2D eigenvalue weighted by molar-refractivity contribution is -0.132. The molecule has 2 N–H and O–H groups in total. The molecule has 0 aromatic heterocycles. The van der Waals surface area contributed by atoms with E-state index in [1.165, 1.54) is 0 Å². The predicted octanol–water partition coefficient (Wildman–Crippen LogP) is 2.65. The van der Waals surface area contributed by atoms with Gasteiger partial charge < -0.3 is 10.6 Å². The molecule has 1 unspecified atom stereocenters. The molecule has 0 aliphatic rings. The van der Waals surface area contributed by atoms with Gasteiger partial charge in [0.05, 0.1) is 0 Å². The van der Waals surface area contributed by atoms with Crippen molar-refractivity contribution in [2.45, 2.75) is 53.4 Å². The molecule has 0 spiro atoms. The second-order valence-corrected chi connectivity index (χ2v) is 5.32. The molecule has 3 nitrogen and oxygen atoms in total. The Bertz CT molecular complexity index is 198. The van der Waals surface area contributed by atoms with Crippen LogP contribution in [-0.4, -0.2) is 30.4 Å². The minimum atomic E-state index is 0.282. The molecule has 0 saturated heterocycles. The number of carbonyl (C=O) groups excluding carboxylic acids is 1. The Hall–Kier alpha value is -0.570. The lowest BCUT2D eigenvalue weighted by atomic mass is 9.93. The van der Waals surface area contributed by atoms with Crippen LogP contribution in [0.4, 0.5) is 0 Å². The van der Waals surface area contributed by atoms with Crippen molar-refractivity contribution in [3.8, 4) is 0 Å². The first-order valence-corrected chi connectivity index (χ1v) is 7.02. The van der Waals surface area contributed by atoms with Gasteiger partial charge in [0.15, 0.2) is 0 Å². The van der Waals surface area contributed by atoms with Crippen LogP contribution < -0.4 is 5.73 Å². The normalized spacial score (nSPS) is 12.8. The van der Waals surface area contributed by atoms with Crippen LogP contribution in [0.1, 0.15) is 53.4 Å². The smallest absolute Gasteiger partial charge is 0.222 e. The third kappa shape index (κ3) is 7.37. The predicted molar refractivity (Wildman–Crippen MR) is 73.8 cm³/mol. The maximum Gasteiger partial charge on any atom is 0.222 e. The Morgan fingerprint density at radius 3 is 2.06 bits per heavy atom. The highest BCUT2D eigenvalue weighted by Gasteiger charge is 2.18. The van der Waals surface area contributed by atoms with Gasteiger partial charge >= 0.3 is 0 Å². The van der Waals surface area contributed by atoms with Gasteiger partial charge in [-0.15, -0.1) is 0 Å². The Labute approximate surface area is 107 Å². The molecule has 0 aromatic carbocycles. The maximum absolute atomic E-state index is 12.1. The standard InChI is InChI=1S/C14H30N2O/c1-5-7-16(8-6-2)14(17)10-13(11-15)9-12(3)4/h12-13H,5-11,15H2,1-4H3. The highest BCUT2D eigenvalue weighted by molar-refractivity contribution is 5.76. The Balaban J connectivity index is 4.24. The molecule has 0 aromatic rings. The Morgan fingerprint density at radius 2 is 1.71 bits per heavy atom. The lowest BCUT2D eigenvalue weighted by Gasteiger charge is -2.24. The number of amides is 1. The van der Waals surface area contributed by atoms with Gasteiger partial charge in [-0.25, -0.2) is 0 Å². The van der Waals surface area contributed by atoms with E-state index < -0.39 is 0 Å². The van der Waals surface area contributed by atoms with Crippen LogP contribution in [0, 0.1) is 11.8 Å². The fraction of sp³-hybridized carbons (Fsp3) is 0.929. The molecule has 1 amide bonds. The molecule has 0 aliphatic carbocycles. The molecule has 0 heterocycles. The van der Waals surface area contributed by atoms with E-state index >= 15 is 0 Å². The number of nitrogens with zero attached hydrogens (tertiary/aromatic N) is 1. The molecule has 0 radical (unpaired) electrons. The molecule has 0 saturated carbocycles. The van der Waals surface area contributed by atoms with Crippen LogP contribution in [0.15, 0.2) is 0 Å². The van der Waals surface area contributed by atoms with E-state index in [1.54, 1.807) is 0 Å². The number of rotatable bonds is 9. The number of hydrogen-bond donors (Lipinski definition) is 1. The second-order valence-electron chi connectivity index (χ2n) is 5.32. The van der Waals surface area contributed by atoms with Crippen LogP contribution in [-0.2, 0) is 4.79 Å². The highest BCUT2D eigenvalue weighted by atomic mass is 16.2. The first kappa shape index (κ1) is 16.4. The van der Waals surface area contributed by atoms with Gasteiger partial charge in [0.1, 0.15) is 0 Å². The summed E-state index contributed by atoms with van der Waals surface area (Å²) in [6.07, 6.45) is 3.73. The monoisotopic (exact) mass is 242 g/mol. The molecule has 1 atom stereocenters. The van der Waals surface area contributed by atoms with E-state index in [2.05, 4.69) is 27.7 Å². The second kappa shape index (κ2) is 9.46. The van der Waals surface area contributed by atoms with Crippen molar-refractivity contribution in [3.05, 3.63) is 0 Å². The molecule has 0 fully saturated rings. The van der Waals surface area contributed by atoms with E-state index in [-0.39, 0.29) is 5.91 Å². The number of hydrogen-bond acceptors (Lipinski definition) is 2.